The van der Waals surface area contributed by atoms with Crippen LogP contribution in [0, 0.1) is 6.92 Å². The van der Waals surface area contributed by atoms with Gasteiger partial charge in [-0.05, 0) is 30.7 Å². The van der Waals surface area contributed by atoms with Crippen LogP contribution in [0.1, 0.15) is 42.2 Å². The van der Waals surface area contributed by atoms with Crippen molar-refractivity contribution in [3.8, 4) is 11.5 Å². The van der Waals surface area contributed by atoms with Gasteiger partial charge in [-0.1, -0.05) is 17.7 Å². The number of hydrogen-bond donors (Lipinski definition) is 2. The van der Waals surface area contributed by atoms with Crippen LogP contribution in [0.2, 0.25) is 5.02 Å². The lowest BCUT2D eigenvalue weighted by Gasteiger charge is -2.22. The van der Waals surface area contributed by atoms with Crippen LogP contribution >= 0.6 is 11.6 Å². The van der Waals surface area contributed by atoms with Crippen LogP contribution in [0.15, 0.2) is 24.3 Å². The van der Waals surface area contributed by atoms with Gasteiger partial charge in [0.1, 0.15) is 17.1 Å². The van der Waals surface area contributed by atoms with Crippen LogP contribution in [0.3, 0.4) is 0 Å². The normalized spacial score (nSPS) is 20.2. The van der Waals surface area contributed by atoms with Gasteiger partial charge in [0, 0.05) is 0 Å². The number of esters is 1. The van der Waals surface area contributed by atoms with Crippen molar-refractivity contribution in [2.45, 2.75) is 12.7 Å². The molecule has 2 aliphatic heterocycles. The molecule has 0 aliphatic carbocycles. The Balaban J connectivity index is 2.03. The number of benzene rings is 2. The summed E-state index contributed by atoms with van der Waals surface area (Å²) >= 11 is 6.26. The van der Waals surface area contributed by atoms with E-state index in [0.717, 1.165) is 0 Å². The maximum absolute atomic E-state index is 13.0. The molecule has 0 radical (unpaired) electrons. The number of carbonyl (C=O) groups excluding carboxylic acids is 2. The molecular formula is C17H9ClO7. The second-order valence-corrected chi connectivity index (χ2v) is 6.08. The van der Waals surface area contributed by atoms with Gasteiger partial charge in [-0.15, -0.1) is 0 Å². The van der Waals surface area contributed by atoms with Gasteiger partial charge in [0.25, 0.3) is 5.78 Å². The van der Waals surface area contributed by atoms with E-state index in [1.807, 2.05) is 0 Å². The van der Waals surface area contributed by atoms with Crippen LogP contribution in [-0.2, 0) is 10.5 Å². The van der Waals surface area contributed by atoms with E-state index in [1.165, 1.54) is 24.3 Å². The molecule has 0 amide bonds. The molecule has 0 saturated heterocycles. The third-order valence-electron chi connectivity index (χ3n) is 4.23. The summed E-state index contributed by atoms with van der Waals surface area (Å²) in [4.78, 5) is 36.7. The van der Waals surface area contributed by atoms with Crippen molar-refractivity contribution >= 4 is 29.3 Å². The summed E-state index contributed by atoms with van der Waals surface area (Å²) in [5, 5.41) is 19.4. The van der Waals surface area contributed by atoms with Crippen molar-refractivity contribution in [3.63, 3.8) is 0 Å². The lowest BCUT2D eigenvalue weighted by molar-refractivity contribution is -0.0978. The average Bonchev–Trinajstić information content (AvgIpc) is 3.00. The highest BCUT2D eigenvalue weighted by molar-refractivity contribution is 6.34. The molecule has 0 saturated carbocycles. The first-order valence-electron chi connectivity index (χ1n) is 7.14. The second kappa shape index (κ2) is 4.73. The minimum absolute atomic E-state index is 0.0247. The van der Waals surface area contributed by atoms with Crippen LogP contribution < -0.4 is 4.74 Å². The number of aryl methyl sites for hydroxylation is 1. The van der Waals surface area contributed by atoms with Gasteiger partial charge in [0.05, 0.1) is 21.7 Å². The number of ether oxygens (including phenoxy) is 2. The Morgan fingerprint density at radius 2 is 1.92 bits per heavy atom. The molecular weight excluding hydrogens is 352 g/mol. The van der Waals surface area contributed by atoms with Gasteiger partial charge < -0.3 is 19.7 Å². The summed E-state index contributed by atoms with van der Waals surface area (Å²) in [5.74, 6) is -5.84. The molecule has 126 valence electrons. The Morgan fingerprint density at radius 3 is 2.60 bits per heavy atom. The van der Waals surface area contributed by atoms with Gasteiger partial charge in [0.15, 0.2) is 0 Å². The van der Waals surface area contributed by atoms with Crippen molar-refractivity contribution in [3.05, 3.63) is 57.1 Å². The number of fused-ring (bicyclic) bond motifs is 3. The molecule has 0 aromatic heterocycles. The summed E-state index contributed by atoms with van der Waals surface area (Å²) in [7, 11) is 0. The van der Waals surface area contributed by atoms with E-state index in [2.05, 4.69) is 0 Å². The number of phenolic OH excluding ortho intramolecular Hbond substituents is 1. The SMILES string of the molecule is Cc1cc(O)c2c(c1Cl)C1(OC2=O)Oc2cccc(C(=O)O)c2C1=O. The molecule has 2 N–H and O–H groups in total. The molecule has 25 heavy (non-hydrogen) atoms. The van der Waals surface area contributed by atoms with E-state index < -0.39 is 29.3 Å². The van der Waals surface area contributed by atoms with Crippen molar-refractivity contribution in [1.82, 2.24) is 0 Å². The van der Waals surface area contributed by atoms with Gasteiger partial charge in [-0.3, -0.25) is 4.79 Å². The van der Waals surface area contributed by atoms with E-state index in [-0.39, 0.29) is 33.0 Å². The fourth-order valence-electron chi connectivity index (χ4n) is 3.15. The number of Topliss-reactive ketones (excluding diaryl/α,β-unsaturated/α-hetero) is 1. The number of aromatic hydroxyl groups is 1. The third-order valence-corrected chi connectivity index (χ3v) is 4.72. The van der Waals surface area contributed by atoms with E-state index in [0.29, 0.717) is 5.56 Å². The van der Waals surface area contributed by atoms with E-state index in [9.17, 15) is 24.6 Å². The largest absolute Gasteiger partial charge is 0.507 e. The lowest BCUT2D eigenvalue weighted by Crippen LogP contribution is -2.37. The van der Waals surface area contributed by atoms with Crippen LogP contribution in [0.5, 0.6) is 11.5 Å². The zero-order valence-corrected chi connectivity index (χ0v) is 13.4. The van der Waals surface area contributed by atoms with Crippen molar-refractivity contribution in [2.24, 2.45) is 0 Å². The maximum Gasteiger partial charge on any atom is 0.349 e. The first-order valence-corrected chi connectivity index (χ1v) is 7.51. The smallest absolute Gasteiger partial charge is 0.349 e. The first kappa shape index (κ1) is 15.5. The van der Waals surface area contributed by atoms with Crippen LogP contribution in [-0.4, -0.2) is 27.9 Å². The number of aromatic carboxylic acids is 1. The highest BCUT2D eigenvalue weighted by atomic mass is 35.5. The number of carboxylic acids is 1. The highest BCUT2D eigenvalue weighted by Gasteiger charge is 2.62. The van der Waals surface area contributed by atoms with Crippen LogP contribution in [0.25, 0.3) is 0 Å². The fraction of sp³-hybridized carbons (Fsp3) is 0.118. The van der Waals surface area contributed by atoms with Crippen molar-refractivity contribution in [1.29, 1.82) is 0 Å². The number of phenols is 1. The standard InChI is InChI=1S/C17H9ClO7/c1-6-5-8(19)11-12(13(6)18)17(25-16(11)23)14(20)10-7(15(21)22)3-2-4-9(10)24-17/h2-5,19H,1H3,(H,21,22). The molecule has 2 heterocycles. The molecule has 2 aromatic rings. The molecule has 1 atom stereocenters. The highest BCUT2D eigenvalue weighted by Crippen LogP contribution is 2.52. The summed E-state index contributed by atoms with van der Waals surface area (Å²) in [6.45, 7) is 1.58. The summed E-state index contributed by atoms with van der Waals surface area (Å²) < 4.78 is 10.8. The molecule has 0 bridgehead atoms. The maximum atomic E-state index is 13.0. The molecule has 2 aliphatic rings. The van der Waals surface area contributed by atoms with E-state index in [1.54, 1.807) is 6.92 Å². The summed E-state index contributed by atoms with van der Waals surface area (Å²) in [6, 6.07) is 5.32. The molecule has 2 aromatic carbocycles. The van der Waals surface area contributed by atoms with Gasteiger partial charge in [0.2, 0.25) is 0 Å². The number of halogens is 1. The Labute approximate surface area is 145 Å². The Hall–Kier alpha value is -3.06. The Morgan fingerprint density at radius 1 is 1.20 bits per heavy atom. The van der Waals surface area contributed by atoms with Crippen molar-refractivity contribution < 1.29 is 34.1 Å². The first-order chi connectivity index (χ1) is 11.8. The molecule has 7 nitrogen and oxygen atoms in total. The van der Waals surface area contributed by atoms with E-state index in [4.69, 9.17) is 21.1 Å². The predicted molar refractivity (Wildman–Crippen MR) is 83.3 cm³/mol. The van der Waals surface area contributed by atoms with E-state index >= 15 is 0 Å². The molecule has 1 spiro atoms. The Bertz CT molecular complexity index is 1010. The fourth-order valence-corrected chi connectivity index (χ4v) is 3.42. The molecule has 4 rings (SSSR count). The summed E-state index contributed by atoms with van der Waals surface area (Å²) in [5.41, 5.74) is -0.478. The van der Waals surface area contributed by atoms with Crippen molar-refractivity contribution in [2.75, 3.05) is 0 Å². The number of ketones is 1. The van der Waals surface area contributed by atoms with Gasteiger partial charge in [-0.25, -0.2) is 9.59 Å². The number of rotatable bonds is 1. The molecule has 8 heteroatoms. The molecule has 1 unspecified atom stereocenters. The topological polar surface area (TPSA) is 110 Å². The Kier molecular flexibility index (Phi) is 2.93. The van der Waals surface area contributed by atoms with Gasteiger partial charge >= 0.3 is 17.7 Å². The average molecular weight is 361 g/mol. The monoisotopic (exact) mass is 360 g/mol. The number of hydrogen-bond acceptors (Lipinski definition) is 6. The predicted octanol–water partition coefficient (Wildman–Crippen LogP) is 2.65. The van der Waals surface area contributed by atoms with Gasteiger partial charge in [-0.2, -0.15) is 0 Å². The zero-order valence-electron chi connectivity index (χ0n) is 12.6. The third kappa shape index (κ3) is 1.78. The minimum atomic E-state index is -2.24. The minimum Gasteiger partial charge on any atom is -0.507 e. The number of carboxylic acid groups (broad SMARTS) is 1. The summed E-state index contributed by atoms with van der Waals surface area (Å²) in [6.07, 6.45) is 0. The molecule has 0 fully saturated rings. The number of carbonyl (C=O) groups is 3. The lowest BCUT2D eigenvalue weighted by atomic mass is 9.92. The van der Waals surface area contributed by atoms with Crippen LogP contribution in [0.4, 0.5) is 0 Å². The second-order valence-electron chi connectivity index (χ2n) is 5.70. The zero-order chi connectivity index (χ0) is 18.1. The quantitative estimate of drug-likeness (QED) is 0.752.